The third kappa shape index (κ3) is 11.9. The van der Waals surface area contributed by atoms with Crippen molar-refractivity contribution >= 4 is 0 Å². The summed E-state index contributed by atoms with van der Waals surface area (Å²) in [6.45, 7) is 3.69. The maximum absolute atomic E-state index is 8.54. The molecule has 0 aliphatic carbocycles. The second-order valence-corrected chi connectivity index (χ2v) is 3.69. The molecule has 3 nitrogen and oxygen atoms in total. The van der Waals surface area contributed by atoms with Crippen molar-refractivity contribution in [3.63, 3.8) is 0 Å². The van der Waals surface area contributed by atoms with E-state index in [0.717, 1.165) is 32.5 Å². The van der Waals surface area contributed by atoms with Crippen LogP contribution >= 0.6 is 0 Å². The van der Waals surface area contributed by atoms with Gasteiger partial charge in [0.1, 0.15) is 0 Å². The predicted octanol–water partition coefficient (Wildman–Crippen LogP) is 0.690. The molecule has 0 saturated heterocycles. The normalized spacial score (nSPS) is 11.1. The number of hydrogen-bond donors (Lipinski definition) is 2. The summed E-state index contributed by atoms with van der Waals surface area (Å²) < 4.78 is 0. The number of aliphatic hydroxyl groups excluding tert-OH is 1. The molecule has 13 heavy (non-hydrogen) atoms. The van der Waals surface area contributed by atoms with Gasteiger partial charge in [0.25, 0.3) is 0 Å². The smallest absolute Gasteiger partial charge is 0.0431 e. The van der Waals surface area contributed by atoms with Crippen LogP contribution in [0.25, 0.3) is 0 Å². The lowest BCUT2D eigenvalue weighted by Gasteiger charge is -2.09. The highest BCUT2D eigenvalue weighted by Crippen LogP contribution is 1.91. The molecule has 0 aromatic rings. The average molecular weight is 188 g/mol. The third-order valence-corrected chi connectivity index (χ3v) is 1.97. The van der Waals surface area contributed by atoms with Crippen LogP contribution in [-0.2, 0) is 0 Å². The summed E-state index contributed by atoms with van der Waals surface area (Å²) in [6, 6.07) is 0. The Bertz CT molecular complexity index is 96.9. The third-order valence-electron chi connectivity index (χ3n) is 1.97. The molecule has 0 bridgehead atoms. The van der Waals surface area contributed by atoms with Crippen molar-refractivity contribution in [2.75, 3.05) is 40.3 Å². The van der Waals surface area contributed by atoms with Crippen LogP contribution < -0.4 is 5.32 Å². The molecular formula is C10H24N2O. The Morgan fingerprint density at radius 3 is 2.31 bits per heavy atom. The van der Waals surface area contributed by atoms with E-state index in [2.05, 4.69) is 24.3 Å². The molecule has 3 heteroatoms. The van der Waals surface area contributed by atoms with E-state index < -0.39 is 0 Å². The van der Waals surface area contributed by atoms with Crippen LogP contribution in [0, 0.1) is 0 Å². The molecule has 0 saturated carbocycles. The Labute approximate surface area is 82.1 Å². The molecule has 0 aromatic carbocycles. The highest BCUT2D eigenvalue weighted by molar-refractivity contribution is 4.51. The van der Waals surface area contributed by atoms with E-state index in [4.69, 9.17) is 5.11 Å². The molecule has 0 radical (unpaired) electrons. The predicted molar refractivity (Wildman–Crippen MR) is 57.0 cm³/mol. The van der Waals surface area contributed by atoms with Crippen molar-refractivity contribution < 1.29 is 5.11 Å². The molecule has 0 aromatic heterocycles. The lowest BCUT2D eigenvalue weighted by atomic mass is 10.2. The van der Waals surface area contributed by atoms with Crippen molar-refractivity contribution in [3.8, 4) is 0 Å². The zero-order valence-corrected chi connectivity index (χ0v) is 9.05. The Hall–Kier alpha value is -0.120. The number of unbranched alkanes of at least 4 members (excludes halogenated alkanes) is 2. The van der Waals surface area contributed by atoms with Gasteiger partial charge in [-0.05, 0) is 59.4 Å². The van der Waals surface area contributed by atoms with Crippen molar-refractivity contribution in [2.24, 2.45) is 0 Å². The van der Waals surface area contributed by atoms with Crippen LogP contribution in [0.15, 0.2) is 0 Å². The zero-order chi connectivity index (χ0) is 9.94. The number of rotatable bonds is 9. The molecule has 0 atom stereocenters. The summed E-state index contributed by atoms with van der Waals surface area (Å²) in [5.74, 6) is 0. The fourth-order valence-electron chi connectivity index (χ4n) is 1.18. The Balaban J connectivity index is 2.84. The second-order valence-electron chi connectivity index (χ2n) is 3.69. The largest absolute Gasteiger partial charge is 0.396 e. The Morgan fingerprint density at radius 2 is 1.69 bits per heavy atom. The average Bonchev–Trinajstić information content (AvgIpc) is 2.09. The number of aliphatic hydroxyl groups is 1. The summed E-state index contributed by atoms with van der Waals surface area (Å²) >= 11 is 0. The summed E-state index contributed by atoms with van der Waals surface area (Å²) in [4.78, 5) is 2.20. The van der Waals surface area contributed by atoms with Gasteiger partial charge in [0.2, 0.25) is 0 Å². The first-order chi connectivity index (χ1) is 6.27. The van der Waals surface area contributed by atoms with Gasteiger partial charge in [-0.3, -0.25) is 0 Å². The lowest BCUT2D eigenvalue weighted by Crippen LogP contribution is -2.22. The molecule has 0 rings (SSSR count). The highest BCUT2D eigenvalue weighted by atomic mass is 16.2. The molecule has 0 fully saturated rings. The Kier molecular flexibility index (Phi) is 9.87. The van der Waals surface area contributed by atoms with E-state index in [1.165, 1.54) is 12.8 Å². The fraction of sp³-hybridized carbons (Fsp3) is 1.00. The topological polar surface area (TPSA) is 35.5 Å². The number of hydrogen-bond acceptors (Lipinski definition) is 3. The molecule has 0 spiro atoms. The van der Waals surface area contributed by atoms with Gasteiger partial charge in [-0.15, -0.1) is 0 Å². The van der Waals surface area contributed by atoms with Gasteiger partial charge in [-0.2, -0.15) is 0 Å². The van der Waals surface area contributed by atoms with Crippen LogP contribution in [0.5, 0.6) is 0 Å². The van der Waals surface area contributed by atoms with Gasteiger partial charge < -0.3 is 15.3 Å². The first-order valence-corrected chi connectivity index (χ1v) is 5.23. The highest BCUT2D eigenvalue weighted by Gasteiger charge is 1.91. The quantitative estimate of drug-likeness (QED) is 0.523. The van der Waals surface area contributed by atoms with E-state index in [1.54, 1.807) is 0 Å². The Morgan fingerprint density at radius 1 is 1.00 bits per heavy atom. The van der Waals surface area contributed by atoms with E-state index >= 15 is 0 Å². The van der Waals surface area contributed by atoms with Gasteiger partial charge >= 0.3 is 0 Å². The van der Waals surface area contributed by atoms with E-state index in [-0.39, 0.29) is 0 Å². The second kappa shape index (κ2) is 9.96. The van der Waals surface area contributed by atoms with Crippen LogP contribution in [0.3, 0.4) is 0 Å². The monoisotopic (exact) mass is 188 g/mol. The first-order valence-electron chi connectivity index (χ1n) is 5.23. The van der Waals surface area contributed by atoms with Crippen LogP contribution in [0.1, 0.15) is 25.7 Å². The molecule has 0 heterocycles. The van der Waals surface area contributed by atoms with Crippen LogP contribution in [0.4, 0.5) is 0 Å². The fourth-order valence-corrected chi connectivity index (χ4v) is 1.18. The minimum Gasteiger partial charge on any atom is -0.396 e. The van der Waals surface area contributed by atoms with Gasteiger partial charge in [-0.1, -0.05) is 0 Å². The first kappa shape index (κ1) is 12.9. The molecular weight excluding hydrogens is 164 g/mol. The van der Waals surface area contributed by atoms with E-state index in [1.807, 2.05) is 0 Å². The molecule has 2 N–H and O–H groups in total. The zero-order valence-electron chi connectivity index (χ0n) is 9.05. The standard InChI is InChI=1S/C10H24N2O/c1-12(2)9-6-8-11-7-4-3-5-10-13/h11,13H,3-10H2,1-2H3. The maximum atomic E-state index is 8.54. The lowest BCUT2D eigenvalue weighted by molar-refractivity contribution is 0.282. The molecule has 0 aliphatic heterocycles. The van der Waals surface area contributed by atoms with Crippen LogP contribution in [-0.4, -0.2) is 50.3 Å². The maximum Gasteiger partial charge on any atom is 0.0431 e. The SMILES string of the molecule is CN(C)CCCNCCCCCO. The van der Waals surface area contributed by atoms with Gasteiger partial charge in [0.15, 0.2) is 0 Å². The molecule has 80 valence electrons. The summed E-state index contributed by atoms with van der Waals surface area (Å²) in [7, 11) is 4.20. The van der Waals surface area contributed by atoms with Gasteiger partial charge in [0.05, 0.1) is 0 Å². The van der Waals surface area contributed by atoms with Crippen molar-refractivity contribution in [2.45, 2.75) is 25.7 Å². The van der Waals surface area contributed by atoms with E-state index in [0.29, 0.717) is 6.61 Å². The van der Waals surface area contributed by atoms with Gasteiger partial charge in [-0.25, -0.2) is 0 Å². The summed E-state index contributed by atoms with van der Waals surface area (Å²) in [5, 5.41) is 11.9. The van der Waals surface area contributed by atoms with Crippen LogP contribution in [0.2, 0.25) is 0 Å². The minimum atomic E-state index is 0.334. The summed E-state index contributed by atoms with van der Waals surface area (Å²) in [5.41, 5.74) is 0. The van der Waals surface area contributed by atoms with Crippen molar-refractivity contribution in [3.05, 3.63) is 0 Å². The van der Waals surface area contributed by atoms with Crippen molar-refractivity contribution in [1.29, 1.82) is 0 Å². The van der Waals surface area contributed by atoms with Gasteiger partial charge in [0, 0.05) is 6.61 Å². The molecule has 0 aliphatic rings. The van der Waals surface area contributed by atoms with E-state index in [9.17, 15) is 0 Å². The summed E-state index contributed by atoms with van der Waals surface area (Å²) in [6.07, 6.45) is 4.48. The minimum absolute atomic E-state index is 0.334. The molecule has 0 amide bonds. The number of nitrogens with zero attached hydrogens (tertiary/aromatic N) is 1. The number of nitrogens with one attached hydrogen (secondary N) is 1. The van der Waals surface area contributed by atoms with Crippen molar-refractivity contribution in [1.82, 2.24) is 10.2 Å². The molecule has 0 unspecified atom stereocenters.